The van der Waals surface area contributed by atoms with E-state index in [1.54, 1.807) is 31.5 Å². The molecule has 2 N–H and O–H groups in total. The van der Waals surface area contributed by atoms with Gasteiger partial charge < -0.3 is 5.32 Å². The number of benzene rings is 1. The molecule has 0 saturated heterocycles. The molecule has 1 aliphatic rings. The fourth-order valence-corrected chi connectivity index (χ4v) is 4.03. The summed E-state index contributed by atoms with van der Waals surface area (Å²) in [5.74, 6) is -0.496. The number of pyridine rings is 1. The van der Waals surface area contributed by atoms with Crippen molar-refractivity contribution in [1.82, 2.24) is 9.97 Å². The molecule has 4 rings (SSSR count). The number of rotatable bonds is 4. The van der Waals surface area contributed by atoms with Gasteiger partial charge in [-0.25, -0.2) is 4.98 Å². The van der Waals surface area contributed by atoms with Crippen molar-refractivity contribution >= 4 is 34.0 Å². The van der Waals surface area contributed by atoms with Gasteiger partial charge in [0.15, 0.2) is 5.13 Å². The van der Waals surface area contributed by atoms with Crippen LogP contribution in [0.4, 0.5) is 10.8 Å². The number of nitrogens with one attached hydrogen (secondary N) is 2. The van der Waals surface area contributed by atoms with Gasteiger partial charge in [0, 0.05) is 23.6 Å². The van der Waals surface area contributed by atoms with E-state index in [1.165, 1.54) is 17.5 Å². The van der Waals surface area contributed by atoms with E-state index in [4.69, 9.17) is 0 Å². The average molecular weight is 378 g/mol. The third-order valence-corrected chi connectivity index (χ3v) is 5.59. The Hall–Kier alpha value is -3.06. The van der Waals surface area contributed by atoms with Crippen LogP contribution in [0.2, 0.25) is 0 Å². The first-order chi connectivity index (χ1) is 13.1. The molecule has 0 atom stereocenters. The fourth-order valence-electron chi connectivity index (χ4n) is 3.17. The number of anilines is 2. The van der Waals surface area contributed by atoms with Crippen molar-refractivity contribution < 1.29 is 9.59 Å². The highest BCUT2D eigenvalue weighted by Gasteiger charge is 2.18. The molecule has 2 aromatic heterocycles. The zero-order chi connectivity index (χ0) is 18.8. The maximum Gasteiger partial charge on any atom is 0.267 e. The highest BCUT2D eigenvalue weighted by atomic mass is 32.1. The van der Waals surface area contributed by atoms with Crippen molar-refractivity contribution in [1.29, 1.82) is 0 Å². The van der Waals surface area contributed by atoms with Crippen LogP contribution in [0.15, 0.2) is 42.7 Å². The van der Waals surface area contributed by atoms with Crippen molar-refractivity contribution in [2.75, 3.05) is 10.6 Å². The molecular weight excluding hydrogens is 360 g/mol. The second-order valence-corrected chi connectivity index (χ2v) is 7.41. The van der Waals surface area contributed by atoms with E-state index < -0.39 is 0 Å². The van der Waals surface area contributed by atoms with Crippen molar-refractivity contribution in [3.8, 4) is 0 Å². The van der Waals surface area contributed by atoms with Crippen molar-refractivity contribution in [2.24, 2.45) is 0 Å². The third-order valence-electron chi connectivity index (χ3n) is 4.52. The second kappa shape index (κ2) is 7.28. The molecule has 1 aliphatic carbocycles. The van der Waals surface area contributed by atoms with E-state index in [9.17, 15) is 9.59 Å². The lowest BCUT2D eigenvalue weighted by molar-refractivity contribution is 0.102. The van der Waals surface area contributed by atoms with Gasteiger partial charge in [0.05, 0.1) is 5.69 Å². The van der Waals surface area contributed by atoms with E-state index in [2.05, 4.69) is 26.7 Å². The molecule has 1 aromatic carbocycles. The van der Waals surface area contributed by atoms with Gasteiger partial charge in [0.2, 0.25) is 0 Å². The number of hydrogen-bond donors (Lipinski definition) is 2. The molecule has 27 heavy (non-hydrogen) atoms. The Morgan fingerprint density at radius 3 is 2.59 bits per heavy atom. The number of thiazole rings is 1. The first kappa shape index (κ1) is 17.4. The first-order valence-corrected chi connectivity index (χ1v) is 9.54. The Morgan fingerprint density at radius 1 is 1.00 bits per heavy atom. The highest BCUT2D eigenvalue weighted by molar-refractivity contribution is 7.17. The van der Waals surface area contributed by atoms with Crippen LogP contribution in [-0.4, -0.2) is 21.8 Å². The van der Waals surface area contributed by atoms with Crippen LogP contribution < -0.4 is 10.6 Å². The minimum Gasteiger partial charge on any atom is -0.321 e. The maximum absolute atomic E-state index is 12.6. The summed E-state index contributed by atoms with van der Waals surface area (Å²) in [6, 6.07) is 9.31. The maximum atomic E-state index is 12.6. The zero-order valence-corrected chi connectivity index (χ0v) is 15.6. The van der Waals surface area contributed by atoms with Gasteiger partial charge in [-0.3, -0.25) is 19.9 Å². The van der Waals surface area contributed by atoms with Crippen molar-refractivity contribution in [2.45, 2.75) is 26.2 Å². The molecule has 6 nitrogen and oxygen atoms in total. The molecule has 0 saturated carbocycles. The summed E-state index contributed by atoms with van der Waals surface area (Å²) >= 11 is 1.16. The Balaban J connectivity index is 1.47. The third kappa shape index (κ3) is 3.73. The van der Waals surface area contributed by atoms with E-state index in [0.717, 1.165) is 29.9 Å². The summed E-state index contributed by atoms with van der Waals surface area (Å²) in [6.07, 6.45) is 6.44. The van der Waals surface area contributed by atoms with E-state index in [1.807, 2.05) is 12.1 Å². The topological polar surface area (TPSA) is 84.0 Å². The fraction of sp³-hybridized carbons (Fsp3) is 0.200. The number of aryl methyl sites for hydroxylation is 3. The van der Waals surface area contributed by atoms with E-state index in [-0.39, 0.29) is 11.8 Å². The summed E-state index contributed by atoms with van der Waals surface area (Å²) in [7, 11) is 0. The van der Waals surface area contributed by atoms with Gasteiger partial charge in [0.25, 0.3) is 11.8 Å². The lowest BCUT2D eigenvalue weighted by Crippen LogP contribution is -2.11. The summed E-state index contributed by atoms with van der Waals surface area (Å²) < 4.78 is 0. The lowest BCUT2D eigenvalue weighted by atomic mass is 10.1. The molecule has 3 aromatic rings. The molecule has 0 aliphatic heterocycles. The average Bonchev–Trinajstić information content (AvgIpc) is 3.28. The smallest absolute Gasteiger partial charge is 0.267 e. The molecule has 0 bridgehead atoms. The van der Waals surface area contributed by atoms with E-state index in [0.29, 0.717) is 21.3 Å². The predicted octanol–water partition coefficient (Wildman–Crippen LogP) is 3.84. The standard InChI is InChI=1S/C20H18N4O2S/c1-12-17(19(26)23-16-6-5-13-3-2-4-15(13)11-16)27-20(22-12)24-18(25)14-7-9-21-10-8-14/h5-11H,2-4H2,1H3,(H,23,26)(H,22,24,25). The van der Waals surface area contributed by atoms with Crippen molar-refractivity contribution in [3.05, 3.63) is 70.0 Å². The van der Waals surface area contributed by atoms with Crippen LogP contribution in [0, 0.1) is 6.92 Å². The quantitative estimate of drug-likeness (QED) is 0.722. The summed E-state index contributed by atoms with van der Waals surface area (Å²) in [4.78, 5) is 33.6. The van der Waals surface area contributed by atoms with Crippen LogP contribution >= 0.6 is 11.3 Å². The number of fused-ring (bicyclic) bond motifs is 1. The Morgan fingerprint density at radius 2 is 1.78 bits per heavy atom. The SMILES string of the molecule is Cc1nc(NC(=O)c2ccncc2)sc1C(=O)Nc1ccc2c(c1)CCC2. The summed E-state index contributed by atoms with van der Waals surface area (Å²) in [5.41, 5.74) is 4.53. The largest absolute Gasteiger partial charge is 0.321 e. The molecule has 0 spiro atoms. The Labute approximate surface area is 160 Å². The van der Waals surface area contributed by atoms with Crippen LogP contribution in [0.1, 0.15) is 43.3 Å². The monoisotopic (exact) mass is 378 g/mol. The van der Waals surface area contributed by atoms with Crippen molar-refractivity contribution in [3.63, 3.8) is 0 Å². The van der Waals surface area contributed by atoms with Gasteiger partial charge >= 0.3 is 0 Å². The first-order valence-electron chi connectivity index (χ1n) is 8.72. The normalized spacial score (nSPS) is 12.5. The van der Waals surface area contributed by atoms with Crippen LogP contribution in [0.25, 0.3) is 0 Å². The van der Waals surface area contributed by atoms with Gasteiger partial charge in [-0.2, -0.15) is 0 Å². The molecular formula is C20H18N4O2S. The Kier molecular flexibility index (Phi) is 4.68. The van der Waals surface area contributed by atoms with Gasteiger partial charge in [-0.05, 0) is 61.6 Å². The van der Waals surface area contributed by atoms with Gasteiger partial charge in [0.1, 0.15) is 4.88 Å². The summed E-state index contributed by atoms with van der Waals surface area (Å²) in [5, 5.41) is 6.07. The van der Waals surface area contributed by atoms with Crippen LogP contribution in [0.3, 0.4) is 0 Å². The lowest BCUT2D eigenvalue weighted by Gasteiger charge is -2.06. The zero-order valence-electron chi connectivity index (χ0n) is 14.8. The molecule has 0 unspecified atom stereocenters. The number of amides is 2. The second-order valence-electron chi connectivity index (χ2n) is 6.41. The van der Waals surface area contributed by atoms with Crippen LogP contribution in [-0.2, 0) is 12.8 Å². The number of aromatic nitrogens is 2. The number of carbonyl (C=O) groups excluding carboxylic acids is 2. The van der Waals surface area contributed by atoms with Gasteiger partial charge in [-0.15, -0.1) is 0 Å². The highest BCUT2D eigenvalue weighted by Crippen LogP contribution is 2.27. The predicted molar refractivity (Wildman–Crippen MR) is 105 cm³/mol. The minimum atomic E-state index is -0.281. The number of hydrogen-bond acceptors (Lipinski definition) is 5. The minimum absolute atomic E-state index is 0.215. The summed E-state index contributed by atoms with van der Waals surface area (Å²) in [6.45, 7) is 1.76. The molecule has 7 heteroatoms. The Bertz CT molecular complexity index is 1010. The van der Waals surface area contributed by atoms with Crippen LogP contribution in [0.5, 0.6) is 0 Å². The van der Waals surface area contributed by atoms with Gasteiger partial charge in [-0.1, -0.05) is 17.4 Å². The number of nitrogens with zero attached hydrogens (tertiary/aromatic N) is 2. The molecule has 0 fully saturated rings. The van der Waals surface area contributed by atoms with E-state index >= 15 is 0 Å². The molecule has 136 valence electrons. The molecule has 2 amide bonds. The molecule has 0 radical (unpaired) electrons. The molecule has 2 heterocycles. The number of carbonyl (C=O) groups is 2.